The van der Waals surface area contributed by atoms with Gasteiger partial charge in [0, 0.05) is 37.4 Å². The molecule has 0 aromatic heterocycles. The smallest absolute Gasteiger partial charge is 0.321 e. The van der Waals surface area contributed by atoms with Gasteiger partial charge in [0.15, 0.2) is 0 Å². The Kier molecular flexibility index (Phi) is 6.69. The molecule has 7 heteroatoms. The zero-order valence-corrected chi connectivity index (χ0v) is 16.8. The molecule has 1 N–H and O–H groups in total. The number of nitrogens with zero attached hydrogens (tertiary/aromatic N) is 2. The number of hydrogen-bond donors (Lipinski definition) is 1. The number of halogens is 1. The van der Waals surface area contributed by atoms with E-state index in [0.29, 0.717) is 56.0 Å². The van der Waals surface area contributed by atoms with Crippen molar-refractivity contribution in [3.63, 3.8) is 0 Å². The molecule has 3 amide bonds. The highest BCUT2D eigenvalue weighted by Gasteiger charge is 2.23. The summed E-state index contributed by atoms with van der Waals surface area (Å²) in [5.74, 6) is 0.293. The number of amides is 3. The van der Waals surface area contributed by atoms with E-state index in [1.54, 1.807) is 34.9 Å². The van der Waals surface area contributed by atoms with E-state index >= 15 is 0 Å². The van der Waals surface area contributed by atoms with Gasteiger partial charge in [-0.2, -0.15) is 0 Å². The van der Waals surface area contributed by atoms with Crippen LogP contribution in [0.15, 0.2) is 42.5 Å². The number of nitrogens with one attached hydrogen (secondary N) is 1. The molecule has 0 spiro atoms. The first kappa shape index (κ1) is 20.6. The molecule has 1 saturated heterocycles. The van der Waals surface area contributed by atoms with E-state index in [1.165, 1.54) is 12.1 Å². The van der Waals surface area contributed by atoms with Gasteiger partial charge in [-0.3, -0.25) is 4.79 Å². The standard InChI is InChI=1S/C22H26FN3O3/c1-3-29-19-8-6-18(7-9-19)24-22(28)26-12-4-11-25(13-14-26)21(27)17-5-10-20(23)16(2)15-17/h5-10,15H,3-4,11-14H2,1-2H3,(H,24,28). The van der Waals surface area contributed by atoms with E-state index in [9.17, 15) is 14.0 Å². The highest BCUT2D eigenvalue weighted by Crippen LogP contribution is 2.17. The Hall–Kier alpha value is -3.09. The average Bonchev–Trinajstić information content (AvgIpc) is 2.97. The van der Waals surface area contributed by atoms with Crippen molar-refractivity contribution in [1.29, 1.82) is 0 Å². The summed E-state index contributed by atoms with van der Waals surface area (Å²) >= 11 is 0. The van der Waals surface area contributed by atoms with Crippen molar-refractivity contribution < 1.29 is 18.7 Å². The highest BCUT2D eigenvalue weighted by molar-refractivity contribution is 5.94. The number of anilines is 1. The number of hydrogen-bond acceptors (Lipinski definition) is 3. The topological polar surface area (TPSA) is 61.9 Å². The molecule has 29 heavy (non-hydrogen) atoms. The number of carbonyl (C=O) groups is 2. The molecule has 0 atom stereocenters. The molecule has 154 valence electrons. The van der Waals surface area contributed by atoms with Crippen molar-refractivity contribution in [2.45, 2.75) is 20.3 Å². The van der Waals surface area contributed by atoms with Crippen molar-refractivity contribution in [3.05, 3.63) is 59.4 Å². The summed E-state index contributed by atoms with van der Waals surface area (Å²) in [4.78, 5) is 28.8. The van der Waals surface area contributed by atoms with Gasteiger partial charge in [0.1, 0.15) is 11.6 Å². The lowest BCUT2D eigenvalue weighted by molar-refractivity contribution is 0.0762. The third kappa shape index (κ3) is 5.25. The van der Waals surface area contributed by atoms with Crippen molar-refractivity contribution in [2.75, 3.05) is 38.1 Å². The molecule has 1 aliphatic rings. The van der Waals surface area contributed by atoms with Gasteiger partial charge in [-0.05, 0) is 68.3 Å². The second kappa shape index (κ2) is 9.41. The molecular formula is C22H26FN3O3. The minimum atomic E-state index is -0.324. The molecule has 0 bridgehead atoms. The van der Waals surface area contributed by atoms with Gasteiger partial charge in [-0.15, -0.1) is 0 Å². The zero-order valence-electron chi connectivity index (χ0n) is 16.8. The Bertz CT molecular complexity index is 870. The maximum Gasteiger partial charge on any atom is 0.321 e. The van der Waals surface area contributed by atoms with Gasteiger partial charge in [-0.1, -0.05) is 0 Å². The minimum absolute atomic E-state index is 0.137. The van der Waals surface area contributed by atoms with Crippen LogP contribution in [0.5, 0.6) is 5.75 Å². The molecule has 0 aliphatic carbocycles. The van der Waals surface area contributed by atoms with Gasteiger partial charge in [-0.25, -0.2) is 9.18 Å². The van der Waals surface area contributed by atoms with E-state index in [-0.39, 0.29) is 17.8 Å². The zero-order chi connectivity index (χ0) is 20.8. The van der Waals surface area contributed by atoms with E-state index < -0.39 is 0 Å². The van der Waals surface area contributed by atoms with Gasteiger partial charge in [0.05, 0.1) is 6.61 Å². The fraction of sp³-hybridized carbons (Fsp3) is 0.364. The fourth-order valence-electron chi connectivity index (χ4n) is 3.29. The highest BCUT2D eigenvalue weighted by atomic mass is 19.1. The monoisotopic (exact) mass is 399 g/mol. The van der Waals surface area contributed by atoms with Gasteiger partial charge in [0.25, 0.3) is 5.91 Å². The van der Waals surface area contributed by atoms with Crippen molar-refractivity contribution in [3.8, 4) is 5.75 Å². The Labute approximate surface area is 170 Å². The van der Waals surface area contributed by atoms with Crippen LogP contribution in [-0.4, -0.2) is 54.5 Å². The van der Waals surface area contributed by atoms with Gasteiger partial charge < -0.3 is 19.9 Å². The van der Waals surface area contributed by atoms with Crippen LogP contribution in [0.1, 0.15) is 29.3 Å². The number of urea groups is 1. The molecular weight excluding hydrogens is 373 g/mol. The predicted molar refractivity (Wildman–Crippen MR) is 110 cm³/mol. The average molecular weight is 399 g/mol. The Balaban J connectivity index is 1.57. The van der Waals surface area contributed by atoms with E-state index in [1.807, 2.05) is 19.1 Å². The molecule has 3 rings (SSSR count). The first-order valence-corrected chi connectivity index (χ1v) is 9.82. The summed E-state index contributed by atoms with van der Waals surface area (Å²) < 4.78 is 18.9. The second-order valence-electron chi connectivity index (χ2n) is 6.98. The number of rotatable bonds is 4. The van der Waals surface area contributed by atoms with Crippen molar-refractivity contribution in [1.82, 2.24) is 9.80 Å². The van der Waals surface area contributed by atoms with E-state index in [2.05, 4.69) is 5.32 Å². The number of benzene rings is 2. The summed E-state index contributed by atoms with van der Waals surface area (Å²) in [6.07, 6.45) is 0.683. The first-order chi connectivity index (χ1) is 14.0. The SMILES string of the molecule is CCOc1ccc(NC(=O)N2CCCN(C(=O)c3ccc(F)c(C)c3)CC2)cc1. The first-order valence-electron chi connectivity index (χ1n) is 9.82. The lowest BCUT2D eigenvalue weighted by Gasteiger charge is -2.22. The largest absolute Gasteiger partial charge is 0.494 e. The summed E-state index contributed by atoms with van der Waals surface area (Å²) in [6.45, 7) is 6.14. The van der Waals surface area contributed by atoms with Crippen LogP contribution in [0.4, 0.5) is 14.9 Å². The molecule has 0 saturated carbocycles. The molecule has 0 radical (unpaired) electrons. The summed E-state index contributed by atoms with van der Waals surface area (Å²) in [5, 5.41) is 2.88. The lowest BCUT2D eigenvalue weighted by Crippen LogP contribution is -2.39. The molecule has 1 fully saturated rings. The summed E-state index contributed by atoms with van der Waals surface area (Å²) in [6, 6.07) is 11.4. The third-order valence-corrected chi connectivity index (χ3v) is 4.89. The molecule has 2 aromatic carbocycles. The van der Waals surface area contributed by atoms with E-state index in [0.717, 1.165) is 5.75 Å². The van der Waals surface area contributed by atoms with Crippen LogP contribution in [0.2, 0.25) is 0 Å². The Morgan fingerprint density at radius 3 is 2.41 bits per heavy atom. The maximum absolute atomic E-state index is 13.5. The van der Waals surface area contributed by atoms with Gasteiger partial charge >= 0.3 is 6.03 Å². The van der Waals surface area contributed by atoms with Crippen LogP contribution >= 0.6 is 0 Å². The van der Waals surface area contributed by atoms with Crippen LogP contribution in [0, 0.1) is 12.7 Å². The van der Waals surface area contributed by atoms with Crippen LogP contribution in [-0.2, 0) is 0 Å². The van der Waals surface area contributed by atoms with E-state index in [4.69, 9.17) is 4.74 Å². The molecule has 0 unspecified atom stereocenters. The second-order valence-corrected chi connectivity index (χ2v) is 6.98. The molecule has 6 nitrogen and oxygen atoms in total. The predicted octanol–water partition coefficient (Wildman–Crippen LogP) is 3.91. The van der Waals surface area contributed by atoms with Crippen LogP contribution < -0.4 is 10.1 Å². The fourth-order valence-corrected chi connectivity index (χ4v) is 3.29. The summed E-state index contributed by atoms with van der Waals surface area (Å²) in [7, 11) is 0. The summed E-state index contributed by atoms with van der Waals surface area (Å²) in [5.41, 5.74) is 1.61. The minimum Gasteiger partial charge on any atom is -0.494 e. The van der Waals surface area contributed by atoms with Gasteiger partial charge in [0.2, 0.25) is 0 Å². The number of carbonyl (C=O) groups excluding carboxylic acids is 2. The van der Waals surface area contributed by atoms with Crippen molar-refractivity contribution >= 4 is 17.6 Å². The molecule has 1 heterocycles. The Morgan fingerprint density at radius 1 is 1.03 bits per heavy atom. The lowest BCUT2D eigenvalue weighted by atomic mass is 10.1. The number of ether oxygens (including phenoxy) is 1. The van der Waals surface area contributed by atoms with Crippen LogP contribution in [0.3, 0.4) is 0 Å². The maximum atomic E-state index is 13.5. The molecule has 2 aromatic rings. The number of aryl methyl sites for hydroxylation is 1. The normalized spacial score (nSPS) is 14.3. The Morgan fingerprint density at radius 2 is 1.72 bits per heavy atom. The van der Waals surface area contributed by atoms with Crippen molar-refractivity contribution in [2.24, 2.45) is 0 Å². The third-order valence-electron chi connectivity index (χ3n) is 4.89. The van der Waals surface area contributed by atoms with Crippen LogP contribution in [0.25, 0.3) is 0 Å². The quantitative estimate of drug-likeness (QED) is 0.848. The molecule has 1 aliphatic heterocycles.